The number of anilines is 1. The van der Waals surface area contributed by atoms with Gasteiger partial charge in [-0.1, -0.05) is 27.5 Å². The lowest BCUT2D eigenvalue weighted by molar-refractivity contribution is 0.102. The van der Waals surface area contributed by atoms with Crippen LogP contribution in [0.1, 0.15) is 10.4 Å². The molecule has 1 aromatic heterocycles. The number of hydrogen-bond donors (Lipinski definition) is 1. The van der Waals surface area contributed by atoms with Gasteiger partial charge in [-0.25, -0.2) is 13.8 Å². The lowest BCUT2D eigenvalue weighted by Crippen LogP contribution is -2.13. The standard InChI is InChI=1S/C21H12BrClF2N2O3/c1-29-18-4-2-10(22)6-13(18)20(28)26-11-3-5-19-17(7-11)27-21(30-19)12-8-15(24)16(25)9-14(12)23/h2-9H,1H3,(H,26,28). The molecular weight excluding hydrogens is 482 g/mol. The van der Waals surface area contributed by atoms with Crippen molar-refractivity contribution in [3.05, 3.63) is 75.2 Å². The number of amides is 1. The molecule has 1 N–H and O–H groups in total. The number of carbonyl (C=O) groups excluding carboxylic acids is 1. The van der Waals surface area contributed by atoms with E-state index in [9.17, 15) is 13.6 Å². The molecule has 30 heavy (non-hydrogen) atoms. The fraction of sp³-hybridized carbons (Fsp3) is 0.0476. The van der Waals surface area contributed by atoms with E-state index in [1.54, 1.807) is 36.4 Å². The van der Waals surface area contributed by atoms with E-state index in [2.05, 4.69) is 26.2 Å². The van der Waals surface area contributed by atoms with Crippen LogP contribution in [0.2, 0.25) is 5.02 Å². The minimum absolute atomic E-state index is 0.0317. The molecule has 0 saturated carbocycles. The molecule has 0 aliphatic rings. The summed E-state index contributed by atoms with van der Waals surface area (Å²) in [5.74, 6) is -2.04. The van der Waals surface area contributed by atoms with Gasteiger partial charge in [0.15, 0.2) is 17.2 Å². The van der Waals surface area contributed by atoms with Gasteiger partial charge in [-0.3, -0.25) is 4.79 Å². The highest BCUT2D eigenvalue weighted by Gasteiger charge is 2.17. The Morgan fingerprint density at radius 1 is 1.13 bits per heavy atom. The second kappa shape index (κ2) is 8.04. The van der Waals surface area contributed by atoms with E-state index in [1.165, 1.54) is 7.11 Å². The maximum absolute atomic E-state index is 13.6. The topological polar surface area (TPSA) is 64.4 Å². The third kappa shape index (κ3) is 3.88. The van der Waals surface area contributed by atoms with Gasteiger partial charge >= 0.3 is 0 Å². The molecule has 4 rings (SSSR count). The van der Waals surface area contributed by atoms with Crippen molar-refractivity contribution in [3.8, 4) is 17.2 Å². The molecule has 152 valence electrons. The van der Waals surface area contributed by atoms with Crippen molar-refractivity contribution in [2.24, 2.45) is 0 Å². The minimum atomic E-state index is -1.06. The molecule has 0 aliphatic carbocycles. The van der Waals surface area contributed by atoms with Gasteiger partial charge in [-0.2, -0.15) is 0 Å². The Balaban J connectivity index is 1.66. The number of methoxy groups -OCH3 is 1. The van der Waals surface area contributed by atoms with Crippen molar-refractivity contribution < 1.29 is 22.7 Å². The van der Waals surface area contributed by atoms with Gasteiger partial charge < -0.3 is 14.5 Å². The minimum Gasteiger partial charge on any atom is -0.496 e. The first kappa shape index (κ1) is 20.3. The van der Waals surface area contributed by atoms with E-state index < -0.39 is 11.6 Å². The van der Waals surface area contributed by atoms with Crippen LogP contribution in [0.5, 0.6) is 5.75 Å². The summed E-state index contributed by atoms with van der Waals surface area (Å²) in [6.45, 7) is 0. The van der Waals surface area contributed by atoms with E-state index in [0.717, 1.165) is 16.6 Å². The number of halogens is 4. The number of carbonyl (C=O) groups is 1. The molecule has 4 aromatic rings. The number of rotatable bonds is 4. The molecular formula is C21H12BrClF2N2O3. The monoisotopic (exact) mass is 492 g/mol. The van der Waals surface area contributed by atoms with Gasteiger partial charge in [-0.15, -0.1) is 0 Å². The zero-order valence-electron chi connectivity index (χ0n) is 15.3. The summed E-state index contributed by atoms with van der Waals surface area (Å²) in [6, 6.07) is 11.7. The summed E-state index contributed by atoms with van der Waals surface area (Å²) in [6.07, 6.45) is 0. The summed E-state index contributed by atoms with van der Waals surface area (Å²) in [5.41, 5.74) is 1.73. The normalized spacial score (nSPS) is 11.0. The lowest BCUT2D eigenvalue weighted by Gasteiger charge is -2.09. The van der Waals surface area contributed by atoms with Crippen LogP contribution in [0.3, 0.4) is 0 Å². The summed E-state index contributed by atoms with van der Waals surface area (Å²) < 4.78 is 38.5. The van der Waals surface area contributed by atoms with Crippen LogP contribution >= 0.6 is 27.5 Å². The van der Waals surface area contributed by atoms with Gasteiger partial charge in [0.05, 0.1) is 23.3 Å². The summed E-state index contributed by atoms with van der Waals surface area (Å²) >= 11 is 9.33. The fourth-order valence-corrected chi connectivity index (χ4v) is 3.46. The van der Waals surface area contributed by atoms with Crippen LogP contribution in [0, 0.1) is 11.6 Å². The number of nitrogens with one attached hydrogen (secondary N) is 1. The van der Waals surface area contributed by atoms with Crippen LogP contribution in [-0.4, -0.2) is 18.0 Å². The number of nitrogens with zero attached hydrogens (tertiary/aromatic N) is 1. The van der Waals surface area contributed by atoms with E-state index in [4.69, 9.17) is 20.8 Å². The van der Waals surface area contributed by atoms with Crippen molar-refractivity contribution in [2.75, 3.05) is 12.4 Å². The first-order valence-electron chi connectivity index (χ1n) is 8.56. The predicted molar refractivity (Wildman–Crippen MR) is 113 cm³/mol. The van der Waals surface area contributed by atoms with Crippen molar-refractivity contribution in [1.29, 1.82) is 0 Å². The molecule has 9 heteroatoms. The molecule has 0 aliphatic heterocycles. The molecule has 3 aromatic carbocycles. The molecule has 0 radical (unpaired) electrons. The van der Waals surface area contributed by atoms with Gasteiger partial charge in [0, 0.05) is 10.2 Å². The van der Waals surface area contributed by atoms with E-state index in [0.29, 0.717) is 28.1 Å². The van der Waals surface area contributed by atoms with Crippen molar-refractivity contribution in [1.82, 2.24) is 4.98 Å². The van der Waals surface area contributed by atoms with E-state index in [1.807, 2.05) is 0 Å². The van der Waals surface area contributed by atoms with E-state index in [-0.39, 0.29) is 22.4 Å². The SMILES string of the molecule is COc1ccc(Br)cc1C(=O)Nc1ccc2oc(-c3cc(F)c(F)cc3Cl)nc2c1. The Morgan fingerprint density at radius 2 is 1.90 bits per heavy atom. The first-order valence-corrected chi connectivity index (χ1v) is 9.73. The highest BCUT2D eigenvalue weighted by Crippen LogP contribution is 2.32. The maximum atomic E-state index is 13.6. The third-order valence-corrected chi connectivity index (χ3v) is 5.10. The molecule has 5 nitrogen and oxygen atoms in total. The number of ether oxygens (including phenoxy) is 1. The van der Waals surface area contributed by atoms with Crippen molar-refractivity contribution >= 4 is 50.2 Å². The predicted octanol–water partition coefficient (Wildman–Crippen LogP) is 6.45. The maximum Gasteiger partial charge on any atom is 0.259 e. The first-order chi connectivity index (χ1) is 14.4. The molecule has 0 atom stereocenters. The Hall–Kier alpha value is -2.97. The van der Waals surface area contributed by atoms with E-state index >= 15 is 0 Å². The third-order valence-electron chi connectivity index (χ3n) is 4.29. The largest absolute Gasteiger partial charge is 0.496 e. The van der Waals surface area contributed by atoms with Crippen LogP contribution in [0.15, 0.2) is 57.4 Å². The second-order valence-corrected chi connectivity index (χ2v) is 7.57. The molecule has 1 amide bonds. The Labute approximate surface area is 182 Å². The molecule has 1 heterocycles. The summed E-state index contributed by atoms with van der Waals surface area (Å²) in [5, 5.41) is 2.74. The number of benzene rings is 3. The number of aromatic nitrogens is 1. The zero-order chi connectivity index (χ0) is 21.4. The second-order valence-electron chi connectivity index (χ2n) is 6.25. The van der Waals surface area contributed by atoms with Gasteiger partial charge in [0.2, 0.25) is 5.89 Å². The molecule has 0 unspecified atom stereocenters. The smallest absolute Gasteiger partial charge is 0.259 e. The highest BCUT2D eigenvalue weighted by atomic mass is 79.9. The van der Waals surface area contributed by atoms with Crippen LogP contribution in [0.4, 0.5) is 14.5 Å². The Morgan fingerprint density at radius 3 is 2.67 bits per heavy atom. The van der Waals surface area contributed by atoms with Crippen LogP contribution < -0.4 is 10.1 Å². The van der Waals surface area contributed by atoms with Crippen LogP contribution in [-0.2, 0) is 0 Å². The van der Waals surface area contributed by atoms with Gasteiger partial charge in [-0.05, 0) is 48.5 Å². The molecule has 0 saturated heterocycles. The Bertz CT molecular complexity index is 1290. The quantitative estimate of drug-likeness (QED) is 0.332. The fourth-order valence-electron chi connectivity index (χ4n) is 2.86. The van der Waals surface area contributed by atoms with Gasteiger partial charge in [0.25, 0.3) is 5.91 Å². The highest BCUT2D eigenvalue weighted by molar-refractivity contribution is 9.10. The molecule has 0 spiro atoms. The molecule has 0 bridgehead atoms. The Kier molecular flexibility index (Phi) is 5.44. The zero-order valence-corrected chi connectivity index (χ0v) is 17.6. The number of fused-ring (bicyclic) bond motifs is 1. The number of oxazole rings is 1. The van der Waals surface area contributed by atoms with Crippen molar-refractivity contribution in [2.45, 2.75) is 0 Å². The molecule has 0 fully saturated rings. The van der Waals surface area contributed by atoms with Crippen LogP contribution in [0.25, 0.3) is 22.6 Å². The summed E-state index contributed by atoms with van der Waals surface area (Å²) in [4.78, 5) is 17.0. The average molecular weight is 494 g/mol. The van der Waals surface area contributed by atoms with Gasteiger partial charge in [0.1, 0.15) is 11.3 Å². The lowest BCUT2D eigenvalue weighted by atomic mass is 10.2. The van der Waals surface area contributed by atoms with Crippen molar-refractivity contribution in [3.63, 3.8) is 0 Å². The number of hydrogen-bond acceptors (Lipinski definition) is 4. The average Bonchev–Trinajstić information content (AvgIpc) is 3.13. The summed E-state index contributed by atoms with van der Waals surface area (Å²) in [7, 11) is 1.48.